The number of nitrogens with one attached hydrogen (secondary N) is 2. The second kappa shape index (κ2) is 9.07. The van der Waals surface area contributed by atoms with Gasteiger partial charge in [0.05, 0.1) is 13.1 Å². The van der Waals surface area contributed by atoms with Crippen molar-refractivity contribution >= 4 is 23.4 Å². The number of carbonyl (C=O) groups excluding carboxylic acids is 3. The number of rotatable bonds is 6. The number of nitrogens with zero attached hydrogens (tertiary/aromatic N) is 1. The Balaban J connectivity index is 1.88. The summed E-state index contributed by atoms with van der Waals surface area (Å²) in [4.78, 5) is 37.4. The average Bonchev–Trinajstić information content (AvgIpc) is 2.61. The molecule has 0 atom stereocenters. The summed E-state index contributed by atoms with van der Waals surface area (Å²) in [6.45, 7) is 3.10. The molecule has 0 heterocycles. The molecule has 2 aromatic carbocycles. The quantitative estimate of drug-likeness (QED) is 0.796. The third-order valence-electron chi connectivity index (χ3n) is 4.08. The van der Waals surface area contributed by atoms with Crippen molar-refractivity contribution in [2.45, 2.75) is 13.8 Å². The molecule has 2 aromatic rings. The maximum Gasteiger partial charge on any atom is 0.251 e. The molecule has 0 bridgehead atoms. The van der Waals surface area contributed by atoms with Crippen molar-refractivity contribution in [2.75, 3.05) is 25.5 Å². The molecule has 0 unspecified atom stereocenters. The summed E-state index contributed by atoms with van der Waals surface area (Å²) >= 11 is 0. The van der Waals surface area contributed by atoms with Crippen molar-refractivity contribution in [2.24, 2.45) is 0 Å². The lowest BCUT2D eigenvalue weighted by molar-refractivity contribution is -0.132. The lowest BCUT2D eigenvalue weighted by Gasteiger charge is -2.18. The zero-order chi connectivity index (χ0) is 20.8. The van der Waals surface area contributed by atoms with Gasteiger partial charge in [0.25, 0.3) is 5.91 Å². The van der Waals surface area contributed by atoms with Gasteiger partial charge in [-0.05, 0) is 37.1 Å². The molecule has 0 aliphatic carbocycles. The van der Waals surface area contributed by atoms with Gasteiger partial charge in [-0.25, -0.2) is 8.78 Å². The second-order valence-corrected chi connectivity index (χ2v) is 6.41. The summed E-state index contributed by atoms with van der Waals surface area (Å²) in [7, 11) is 1.42. The van der Waals surface area contributed by atoms with Crippen molar-refractivity contribution in [3.05, 3.63) is 64.7 Å². The highest BCUT2D eigenvalue weighted by molar-refractivity contribution is 5.98. The predicted octanol–water partition coefficient (Wildman–Crippen LogP) is 2.41. The van der Waals surface area contributed by atoms with Crippen LogP contribution in [0.1, 0.15) is 21.5 Å². The van der Waals surface area contributed by atoms with Crippen molar-refractivity contribution in [1.82, 2.24) is 10.2 Å². The fraction of sp³-hybridized carbons (Fsp3) is 0.250. The molecule has 0 fully saturated rings. The smallest absolute Gasteiger partial charge is 0.251 e. The molecule has 0 aliphatic heterocycles. The first-order chi connectivity index (χ1) is 13.2. The Morgan fingerprint density at radius 2 is 1.57 bits per heavy atom. The fourth-order valence-corrected chi connectivity index (χ4v) is 2.57. The molecule has 148 valence electrons. The number of benzene rings is 2. The van der Waals surface area contributed by atoms with E-state index in [1.165, 1.54) is 7.05 Å². The summed E-state index contributed by atoms with van der Waals surface area (Å²) in [5.74, 6) is -3.48. The van der Waals surface area contributed by atoms with E-state index in [0.29, 0.717) is 11.8 Å². The van der Waals surface area contributed by atoms with Crippen LogP contribution >= 0.6 is 0 Å². The van der Waals surface area contributed by atoms with E-state index in [1.54, 1.807) is 0 Å². The molecule has 0 saturated carbocycles. The monoisotopic (exact) mass is 389 g/mol. The zero-order valence-electron chi connectivity index (χ0n) is 15.8. The Bertz CT molecular complexity index is 875. The van der Waals surface area contributed by atoms with E-state index in [0.717, 1.165) is 28.2 Å². The molecule has 28 heavy (non-hydrogen) atoms. The van der Waals surface area contributed by atoms with E-state index >= 15 is 0 Å². The normalized spacial score (nSPS) is 10.3. The summed E-state index contributed by atoms with van der Waals surface area (Å²) in [5, 5.41) is 5.04. The number of carbonyl (C=O) groups is 3. The van der Waals surface area contributed by atoms with E-state index in [1.807, 2.05) is 32.0 Å². The summed E-state index contributed by atoms with van der Waals surface area (Å²) in [6, 6.07) is 7.98. The lowest BCUT2D eigenvalue weighted by atomic mass is 10.1. The average molecular weight is 389 g/mol. The topological polar surface area (TPSA) is 78.5 Å². The number of hydrogen-bond acceptors (Lipinski definition) is 3. The van der Waals surface area contributed by atoms with Crippen LogP contribution in [0.25, 0.3) is 0 Å². The van der Waals surface area contributed by atoms with Gasteiger partial charge >= 0.3 is 0 Å². The third kappa shape index (κ3) is 5.60. The van der Waals surface area contributed by atoms with Crippen LogP contribution in [0, 0.1) is 25.5 Å². The third-order valence-corrected chi connectivity index (χ3v) is 4.08. The van der Waals surface area contributed by atoms with Gasteiger partial charge in [0.15, 0.2) is 0 Å². The maximum atomic E-state index is 13.2. The van der Waals surface area contributed by atoms with Gasteiger partial charge in [-0.3, -0.25) is 14.4 Å². The number of para-hydroxylation sites is 1. The summed E-state index contributed by atoms with van der Waals surface area (Å²) in [5.41, 5.74) is 2.25. The molecule has 2 N–H and O–H groups in total. The molecule has 0 aliphatic rings. The number of halogens is 2. The van der Waals surface area contributed by atoms with E-state index in [2.05, 4.69) is 10.6 Å². The van der Waals surface area contributed by atoms with E-state index < -0.39 is 30.0 Å². The Morgan fingerprint density at radius 3 is 2.14 bits per heavy atom. The Morgan fingerprint density at radius 1 is 1.00 bits per heavy atom. The van der Waals surface area contributed by atoms with Crippen molar-refractivity contribution in [3.63, 3.8) is 0 Å². The standard InChI is InChI=1S/C20H21F2N3O3/c1-12-5-4-6-13(2)19(12)24-17(26)11-25(3)18(27)10-23-20(28)14-7-15(21)9-16(22)8-14/h4-9H,10-11H2,1-3H3,(H,23,28)(H,24,26). The van der Waals surface area contributed by atoms with Crippen LogP contribution in [0.15, 0.2) is 36.4 Å². The first kappa shape index (κ1) is 21.0. The highest BCUT2D eigenvalue weighted by atomic mass is 19.1. The molecule has 8 heteroatoms. The van der Waals surface area contributed by atoms with Gasteiger partial charge in [-0.1, -0.05) is 18.2 Å². The van der Waals surface area contributed by atoms with Crippen LogP contribution in [-0.4, -0.2) is 42.8 Å². The van der Waals surface area contributed by atoms with Crippen LogP contribution in [-0.2, 0) is 9.59 Å². The van der Waals surface area contributed by atoms with E-state index in [4.69, 9.17) is 0 Å². The van der Waals surface area contributed by atoms with Crippen LogP contribution in [0.4, 0.5) is 14.5 Å². The van der Waals surface area contributed by atoms with Crippen molar-refractivity contribution in [1.29, 1.82) is 0 Å². The van der Waals surface area contributed by atoms with Gasteiger partial charge in [0.1, 0.15) is 11.6 Å². The Labute approximate surface area is 161 Å². The van der Waals surface area contributed by atoms with Crippen molar-refractivity contribution in [3.8, 4) is 0 Å². The number of aryl methyl sites for hydroxylation is 2. The van der Waals surface area contributed by atoms with Gasteiger partial charge in [-0.15, -0.1) is 0 Å². The van der Waals surface area contributed by atoms with Crippen molar-refractivity contribution < 1.29 is 23.2 Å². The predicted molar refractivity (Wildman–Crippen MR) is 101 cm³/mol. The minimum absolute atomic E-state index is 0.211. The van der Waals surface area contributed by atoms with Gasteiger partial charge in [0.2, 0.25) is 11.8 Å². The van der Waals surface area contributed by atoms with Crippen LogP contribution < -0.4 is 10.6 Å². The Kier molecular flexibility index (Phi) is 6.81. The molecule has 3 amide bonds. The number of hydrogen-bond donors (Lipinski definition) is 2. The number of likely N-dealkylation sites (N-methyl/N-ethyl adjacent to an activating group) is 1. The van der Waals surface area contributed by atoms with Crippen LogP contribution in [0.3, 0.4) is 0 Å². The molecule has 0 aromatic heterocycles. The Hall–Kier alpha value is -3.29. The fourth-order valence-electron chi connectivity index (χ4n) is 2.57. The zero-order valence-corrected chi connectivity index (χ0v) is 15.8. The van der Waals surface area contributed by atoms with Crippen LogP contribution in [0.5, 0.6) is 0 Å². The molecule has 2 rings (SSSR count). The summed E-state index contributed by atoms with van der Waals surface area (Å²) < 4.78 is 26.3. The van der Waals surface area contributed by atoms with E-state index in [-0.39, 0.29) is 18.0 Å². The number of anilines is 1. The molecule has 0 spiro atoms. The van der Waals surface area contributed by atoms with Gasteiger partial charge in [0, 0.05) is 24.4 Å². The second-order valence-electron chi connectivity index (χ2n) is 6.41. The maximum absolute atomic E-state index is 13.2. The number of amides is 3. The van der Waals surface area contributed by atoms with Gasteiger partial charge in [-0.2, -0.15) is 0 Å². The molecule has 0 radical (unpaired) electrons. The first-order valence-corrected chi connectivity index (χ1v) is 8.51. The first-order valence-electron chi connectivity index (χ1n) is 8.51. The summed E-state index contributed by atoms with van der Waals surface area (Å²) in [6.07, 6.45) is 0. The minimum Gasteiger partial charge on any atom is -0.343 e. The molecule has 0 saturated heterocycles. The highest BCUT2D eigenvalue weighted by Crippen LogP contribution is 2.19. The highest BCUT2D eigenvalue weighted by Gasteiger charge is 2.16. The minimum atomic E-state index is -0.892. The molecular weight excluding hydrogens is 368 g/mol. The largest absolute Gasteiger partial charge is 0.343 e. The molecular formula is C20H21F2N3O3. The lowest BCUT2D eigenvalue weighted by Crippen LogP contribution is -2.41. The van der Waals surface area contributed by atoms with Gasteiger partial charge < -0.3 is 15.5 Å². The van der Waals surface area contributed by atoms with Crippen LogP contribution in [0.2, 0.25) is 0 Å². The molecule has 6 nitrogen and oxygen atoms in total. The SMILES string of the molecule is Cc1cccc(C)c1NC(=O)CN(C)C(=O)CNC(=O)c1cc(F)cc(F)c1. The van der Waals surface area contributed by atoms with E-state index in [9.17, 15) is 23.2 Å².